The van der Waals surface area contributed by atoms with E-state index in [0.29, 0.717) is 10.6 Å². The molecule has 2 aromatic heterocycles. The predicted molar refractivity (Wildman–Crippen MR) is 125 cm³/mol. The van der Waals surface area contributed by atoms with Crippen LogP contribution in [0.3, 0.4) is 0 Å². The van der Waals surface area contributed by atoms with E-state index in [1.807, 2.05) is 6.07 Å². The SMILES string of the molecule is Cc1cc(C)c2nc(SCC(=O)Nc3sc4c(c3C(N)=O)CCCC4)cc(C)c2c1. The number of anilines is 1. The summed E-state index contributed by atoms with van der Waals surface area (Å²) in [5, 5.41) is 5.48. The number of nitrogens with two attached hydrogens (primary N) is 1. The second kappa shape index (κ2) is 8.40. The largest absolute Gasteiger partial charge is 0.365 e. The summed E-state index contributed by atoms with van der Waals surface area (Å²) in [7, 11) is 0. The van der Waals surface area contributed by atoms with Crippen molar-refractivity contribution in [3.05, 3.63) is 50.9 Å². The van der Waals surface area contributed by atoms with Crippen LogP contribution in [0.4, 0.5) is 5.00 Å². The zero-order chi connectivity index (χ0) is 21.4. The lowest BCUT2D eigenvalue weighted by molar-refractivity contribution is -0.113. The van der Waals surface area contributed by atoms with Gasteiger partial charge in [-0.3, -0.25) is 9.59 Å². The summed E-state index contributed by atoms with van der Waals surface area (Å²) in [4.78, 5) is 30.6. The van der Waals surface area contributed by atoms with E-state index in [4.69, 9.17) is 10.7 Å². The van der Waals surface area contributed by atoms with Crippen molar-refractivity contribution in [1.29, 1.82) is 0 Å². The fourth-order valence-electron chi connectivity index (χ4n) is 4.11. The highest BCUT2D eigenvalue weighted by Gasteiger charge is 2.25. The first kappa shape index (κ1) is 20.9. The number of nitrogens with one attached hydrogen (secondary N) is 1. The van der Waals surface area contributed by atoms with Crippen LogP contribution in [0.5, 0.6) is 0 Å². The van der Waals surface area contributed by atoms with Crippen LogP contribution in [-0.2, 0) is 17.6 Å². The molecule has 0 fully saturated rings. The molecular weight excluding hydrogens is 414 g/mol. The normalized spacial score (nSPS) is 13.3. The zero-order valence-electron chi connectivity index (χ0n) is 17.4. The minimum atomic E-state index is -0.463. The van der Waals surface area contributed by atoms with Gasteiger partial charge in [0.15, 0.2) is 0 Å². The highest BCUT2D eigenvalue weighted by atomic mass is 32.2. The van der Waals surface area contributed by atoms with Crippen molar-refractivity contribution in [2.45, 2.75) is 51.5 Å². The minimum absolute atomic E-state index is 0.152. The molecule has 0 bridgehead atoms. The average Bonchev–Trinajstić information content (AvgIpc) is 3.05. The first-order valence-electron chi connectivity index (χ1n) is 10.1. The van der Waals surface area contributed by atoms with Crippen LogP contribution in [-0.4, -0.2) is 22.6 Å². The molecule has 0 atom stereocenters. The van der Waals surface area contributed by atoms with Gasteiger partial charge in [0.05, 0.1) is 21.9 Å². The Hall–Kier alpha value is -2.38. The molecule has 0 radical (unpaired) electrons. The number of aromatic nitrogens is 1. The smallest absolute Gasteiger partial charge is 0.251 e. The molecule has 0 saturated heterocycles. The number of primary amides is 1. The van der Waals surface area contributed by atoms with Crippen molar-refractivity contribution in [3.8, 4) is 0 Å². The van der Waals surface area contributed by atoms with Crippen molar-refractivity contribution in [2.75, 3.05) is 11.1 Å². The van der Waals surface area contributed by atoms with Crippen molar-refractivity contribution < 1.29 is 9.59 Å². The Balaban J connectivity index is 1.51. The number of benzene rings is 1. The zero-order valence-corrected chi connectivity index (χ0v) is 19.1. The Morgan fingerprint density at radius 1 is 1.13 bits per heavy atom. The number of thiophene rings is 1. The fourth-order valence-corrected chi connectivity index (χ4v) is 6.18. The lowest BCUT2D eigenvalue weighted by Gasteiger charge is -2.11. The number of hydrogen-bond acceptors (Lipinski definition) is 5. The minimum Gasteiger partial charge on any atom is -0.365 e. The van der Waals surface area contributed by atoms with Crippen LogP contribution >= 0.6 is 23.1 Å². The van der Waals surface area contributed by atoms with Crippen molar-refractivity contribution >= 4 is 50.8 Å². The third kappa shape index (κ3) is 4.09. The number of aryl methyl sites for hydroxylation is 4. The average molecular weight is 440 g/mol. The van der Waals surface area contributed by atoms with Gasteiger partial charge in [0, 0.05) is 10.3 Å². The van der Waals surface area contributed by atoms with Gasteiger partial charge < -0.3 is 11.1 Å². The summed E-state index contributed by atoms with van der Waals surface area (Å²) in [6, 6.07) is 6.30. The number of nitrogens with zero attached hydrogens (tertiary/aromatic N) is 1. The van der Waals surface area contributed by atoms with E-state index >= 15 is 0 Å². The van der Waals surface area contributed by atoms with Crippen molar-refractivity contribution in [2.24, 2.45) is 5.73 Å². The molecule has 1 aliphatic rings. The fraction of sp³-hybridized carbons (Fsp3) is 0.348. The monoisotopic (exact) mass is 439 g/mol. The third-order valence-corrected chi connectivity index (χ3v) is 7.57. The summed E-state index contributed by atoms with van der Waals surface area (Å²) in [6.07, 6.45) is 3.97. The molecule has 3 N–H and O–H groups in total. The van der Waals surface area contributed by atoms with E-state index in [1.165, 1.54) is 33.5 Å². The number of rotatable bonds is 5. The quantitative estimate of drug-likeness (QED) is 0.552. The molecule has 1 aliphatic carbocycles. The summed E-state index contributed by atoms with van der Waals surface area (Å²) in [5.74, 6) is -0.389. The number of carbonyl (C=O) groups is 2. The number of pyridine rings is 1. The Kier molecular flexibility index (Phi) is 5.84. The molecule has 3 aromatic rings. The number of thioether (sulfide) groups is 1. The van der Waals surface area contributed by atoms with E-state index in [0.717, 1.165) is 58.3 Å². The third-order valence-electron chi connectivity index (χ3n) is 5.45. The van der Waals surface area contributed by atoms with Crippen LogP contribution in [0.15, 0.2) is 23.2 Å². The van der Waals surface area contributed by atoms with Gasteiger partial charge in [-0.1, -0.05) is 23.4 Å². The highest BCUT2D eigenvalue weighted by Crippen LogP contribution is 2.38. The predicted octanol–water partition coefficient (Wildman–Crippen LogP) is 4.93. The van der Waals surface area contributed by atoms with Crippen LogP contribution in [0, 0.1) is 20.8 Å². The first-order chi connectivity index (χ1) is 14.3. The topological polar surface area (TPSA) is 85.1 Å². The van der Waals surface area contributed by atoms with E-state index in [1.54, 1.807) is 0 Å². The van der Waals surface area contributed by atoms with Crippen LogP contribution in [0.25, 0.3) is 10.9 Å². The molecule has 7 heteroatoms. The molecular formula is C23H25N3O2S2. The Morgan fingerprint density at radius 3 is 2.67 bits per heavy atom. The molecule has 30 heavy (non-hydrogen) atoms. The maximum atomic E-state index is 12.6. The number of hydrogen-bond donors (Lipinski definition) is 2. The molecule has 4 rings (SSSR count). The highest BCUT2D eigenvalue weighted by molar-refractivity contribution is 7.99. The number of carbonyl (C=O) groups excluding carboxylic acids is 2. The van der Waals surface area contributed by atoms with Crippen LogP contribution in [0.1, 0.15) is 50.3 Å². The van der Waals surface area contributed by atoms with Crippen molar-refractivity contribution in [3.63, 3.8) is 0 Å². The maximum absolute atomic E-state index is 12.6. The first-order valence-corrected chi connectivity index (χ1v) is 11.9. The Labute approximate surface area is 184 Å². The van der Waals surface area contributed by atoms with Gasteiger partial charge in [-0.25, -0.2) is 4.98 Å². The second-order valence-electron chi connectivity index (χ2n) is 7.87. The van der Waals surface area contributed by atoms with Crippen LogP contribution in [0.2, 0.25) is 0 Å². The lowest BCUT2D eigenvalue weighted by atomic mass is 9.95. The lowest BCUT2D eigenvalue weighted by Crippen LogP contribution is -2.19. The van der Waals surface area contributed by atoms with Gasteiger partial charge in [0.2, 0.25) is 5.91 Å². The standard InChI is InChI=1S/C23H25N3O2S2/c1-12-8-14(3)21-16(9-12)13(2)10-19(26-21)29-11-18(27)25-23-20(22(24)28)15-6-4-5-7-17(15)30-23/h8-10H,4-7,11H2,1-3H3,(H2,24,28)(H,25,27). The molecule has 156 valence electrons. The molecule has 2 amide bonds. The Morgan fingerprint density at radius 2 is 1.90 bits per heavy atom. The van der Waals surface area contributed by atoms with Gasteiger partial charge in [0.1, 0.15) is 5.00 Å². The second-order valence-corrected chi connectivity index (χ2v) is 9.97. The summed E-state index contributed by atoms with van der Waals surface area (Å²) in [6.45, 7) is 6.22. The molecule has 5 nitrogen and oxygen atoms in total. The van der Waals surface area contributed by atoms with Gasteiger partial charge in [-0.05, 0) is 75.3 Å². The van der Waals surface area contributed by atoms with Gasteiger partial charge in [-0.2, -0.15) is 0 Å². The van der Waals surface area contributed by atoms with Gasteiger partial charge in [0.25, 0.3) is 5.91 Å². The van der Waals surface area contributed by atoms with E-state index < -0.39 is 5.91 Å². The molecule has 0 unspecified atom stereocenters. The van der Waals surface area contributed by atoms with Gasteiger partial charge >= 0.3 is 0 Å². The molecule has 0 aliphatic heterocycles. The van der Waals surface area contributed by atoms with E-state index in [9.17, 15) is 9.59 Å². The molecule has 0 spiro atoms. The molecule has 0 saturated carbocycles. The van der Waals surface area contributed by atoms with Crippen LogP contribution < -0.4 is 11.1 Å². The summed E-state index contributed by atoms with van der Waals surface area (Å²) < 4.78 is 0. The number of fused-ring (bicyclic) bond motifs is 2. The maximum Gasteiger partial charge on any atom is 0.251 e. The van der Waals surface area contributed by atoms with E-state index in [-0.39, 0.29) is 11.7 Å². The summed E-state index contributed by atoms with van der Waals surface area (Å²) in [5.41, 5.74) is 11.6. The summed E-state index contributed by atoms with van der Waals surface area (Å²) >= 11 is 2.89. The van der Waals surface area contributed by atoms with Gasteiger partial charge in [-0.15, -0.1) is 11.3 Å². The molecule has 1 aromatic carbocycles. The van der Waals surface area contributed by atoms with E-state index in [2.05, 4.69) is 38.2 Å². The molecule has 2 heterocycles. The number of amides is 2. The Bertz CT molecular complexity index is 1170. The van der Waals surface area contributed by atoms with Crippen molar-refractivity contribution in [1.82, 2.24) is 4.98 Å².